The van der Waals surface area contributed by atoms with Crippen molar-refractivity contribution in [1.82, 2.24) is 15.2 Å². The number of aliphatic imine (C=N–C) groups is 2. The first-order valence-corrected chi connectivity index (χ1v) is 16.8. The van der Waals surface area contributed by atoms with Gasteiger partial charge in [0.05, 0.1) is 35.0 Å². The van der Waals surface area contributed by atoms with E-state index >= 15 is 0 Å². The molecule has 3 atom stereocenters. The lowest BCUT2D eigenvalue weighted by atomic mass is 10.0. The van der Waals surface area contributed by atoms with Crippen molar-refractivity contribution in [2.45, 2.75) is 59.7 Å². The van der Waals surface area contributed by atoms with Crippen LogP contribution in [0.25, 0.3) is 0 Å². The number of guanidine groups is 1. The minimum Gasteiger partial charge on any atom is -0.487 e. The Bertz CT molecular complexity index is 1860. The second-order valence-electron chi connectivity index (χ2n) is 13.1. The highest BCUT2D eigenvalue weighted by molar-refractivity contribution is 6.04. The number of anilines is 3. The quantitative estimate of drug-likeness (QED) is 0.163. The fourth-order valence-electron chi connectivity index (χ4n) is 5.83. The lowest BCUT2D eigenvalue weighted by molar-refractivity contribution is -0.385. The van der Waals surface area contributed by atoms with Gasteiger partial charge in [0.15, 0.2) is 5.75 Å². The standard InChI is InChI=1S/C36H43N9O6/c1-7-14-51-31-16-24(10-13-29(31)45(49)50)33(46)41-28(15-21(2)3)34(47)39-26-11-8-22(4)30(17-26)44-20-25-18-38-35(42-32(25)43(6)36(44)48)40-27-12-9-23(5)37-19-27/h8-13,16-19,21,25,28,32H,7,14-15,20H2,1-6H3,(H,39,47)(H,40,42)(H,41,46)/t25?,28-,32?/m0/s1. The number of ether oxygens (including phenoxy) is 1. The van der Waals surface area contributed by atoms with E-state index < -0.39 is 28.9 Å². The van der Waals surface area contributed by atoms with Crippen LogP contribution in [-0.4, -0.2) is 77.2 Å². The van der Waals surface area contributed by atoms with Gasteiger partial charge in [-0.25, -0.2) is 14.8 Å². The van der Waals surface area contributed by atoms with Crippen LogP contribution in [-0.2, 0) is 4.79 Å². The van der Waals surface area contributed by atoms with Crippen LogP contribution < -0.4 is 25.6 Å². The smallest absolute Gasteiger partial charge is 0.325 e. The molecule has 3 N–H and O–H groups in total. The van der Waals surface area contributed by atoms with Gasteiger partial charge < -0.3 is 25.6 Å². The van der Waals surface area contributed by atoms with E-state index in [2.05, 4.69) is 25.9 Å². The van der Waals surface area contributed by atoms with Crippen LogP contribution in [0, 0.1) is 35.8 Å². The summed E-state index contributed by atoms with van der Waals surface area (Å²) in [5.41, 5.74) is 3.39. The van der Waals surface area contributed by atoms with Gasteiger partial charge in [-0.3, -0.25) is 29.6 Å². The van der Waals surface area contributed by atoms with E-state index in [4.69, 9.17) is 9.73 Å². The van der Waals surface area contributed by atoms with Crippen LogP contribution in [0.4, 0.5) is 27.5 Å². The zero-order valence-corrected chi connectivity index (χ0v) is 29.5. The molecule has 51 heavy (non-hydrogen) atoms. The number of carbonyl (C=O) groups is 3. The summed E-state index contributed by atoms with van der Waals surface area (Å²) in [5.74, 6) is -0.787. The lowest BCUT2D eigenvalue weighted by Gasteiger charge is -2.43. The number of nitro groups is 1. The second kappa shape index (κ2) is 15.8. The molecule has 4 amide bonds. The summed E-state index contributed by atoms with van der Waals surface area (Å²) < 4.78 is 5.53. The molecule has 0 radical (unpaired) electrons. The topological polar surface area (TPSA) is 184 Å². The minimum atomic E-state index is -0.921. The first-order chi connectivity index (χ1) is 24.3. The van der Waals surface area contributed by atoms with Gasteiger partial charge in [0.1, 0.15) is 12.2 Å². The van der Waals surface area contributed by atoms with Crippen LogP contribution in [0.3, 0.4) is 0 Å². The Hall–Kier alpha value is -5.86. The average molecular weight is 698 g/mol. The van der Waals surface area contributed by atoms with Gasteiger partial charge in [0.25, 0.3) is 5.91 Å². The number of hydrogen-bond donors (Lipinski definition) is 3. The van der Waals surface area contributed by atoms with Crippen molar-refractivity contribution in [1.29, 1.82) is 0 Å². The highest BCUT2D eigenvalue weighted by atomic mass is 16.6. The first kappa shape index (κ1) is 36.4. The van der Waals surface area contributed by atoms with Gasteiger partial charge in [0.2, 0.25) is 11.9 Å². The van der Waals surface area contributed by atoms with E-state index in [1.165, 1.54) is 18.2 Å². The Morgan fingerprint density at radius 1 is 1.10 bits per heavy atom. The van der Waals surface area contributed by atoms with E-state index in [1.807, 2.05) is 52.8 Å². The molecule has 3 aromatic rings. The Morgan fingerprint density at radius 2 is 1.86 bits per heavy atom. The third-order valence-electron chi connectivity index (χ3n) is 8.49. The Balaban J connectivity index is 1.30. The fourth-order valence-corrected chi connectivity index (χ4v) is 5.83. The van der Waals surface area contributed by atoms with Crippen molar-refractivity contribution >= 4 is 52.8 Å². The summed E-state index contributed by atoms with van der Waals surface area (Å²) >= 11 is 0. The monoisotopic (exact) mass is 697 g/mol. The maximum absolute atomic E-state index is 13.7. The summed E-state index contributed by atoms with van der Waals surface area (Å²) in [6.45, 7) is 10.1. The second-order valence-corrected chi connectivity index (χ2v) is 13.1. The predicted octanol–water partition coefficient (Wildman–Crippen LogP) is 5.55. The molecule has 15 nitrogen and oxygen atoms in total. The number of carbonyl (C=O) groups excluding carboxylic acids is 3. The van der Waals surface area contributed by atoms with Gasteiger partial charge in [-0.2, -0.15) is 0 Å². The van der Waals surface area contributed by atoms with E-state index in [1.54, 1.807) is 41.4 Å². The van der Waals surface area contributed by atoms with Crippen LogP contribution in [0.1, 0.15) is 55.2 Å². The SMILES string of the molecule is CCCOc1cc(C(=O)N[C@@H](CC(C)C)C(=O)Nc2ccc(C)c(N3CC4C=NC(Nc5ccc(C)nc5)=NC4N(C)C3=O)c2)ccc1[N+](=O)[O-]. The largest absolute Gasteiger partial charge is 0.487 e. The number of nitrogens with one attached hydrogen (secondary N) is 3. The molecule has 1 fully saturated rings. The summed E-state index contributed by atoms with van der Waals surface area (Å²) in [5, 5.41) is 20.3. The maximum Gasteiger partial charge on any atom is 0.325 e. The van der Waals surface area contributed by atoms with E-state index in [9.17, 15) is 24.5 Å². The molecule has 2 aliphatic heterocycles. The van der Waals surface area contributed by atoms with Crippen molar-refractivity contribution < 1.29 is 24.0 Å². The number of urea groups is 1. The van der Waals surface area contributed by atoms with Crippen molar-refractivity contribution in [2.75, 3.05) is 35.7 Å². The number of nitrogens with zero attached hydrogens (tertiary/aromatic N) is 6. The number of aromatic nitrogens is 1. The molecule has 0 bridgehead atoms. The number of rotatable bonds is 12. The molecular formula is C36H43N9O6. The third kappa shape index (κ3) is 8.66. The zero-order valence-electron chi connectivity index (χ0n) is 29.5. The minimum absolute atomic E-state index is 0.0148. The normalized spacial score (nSPS) is 17.4. The molecule has 0 aliphatic carbocycles. The number of hydrogen-bond acceptors (Lipinski definition) is 10. The van der Waals surface area contributed by atoms with Crippen LogP contribution >= 0.6 is 0 Å². The number of benzene rings is 2. The molecule has 15 heteroatoms. The van der Waals surface area contributed by atoms with Gasteiger partial charge in [0, 0.05) is 48.9 Å². The fraction of sp³-hybridized carbons (Fsp3) is 0.389. The summed E-state index contributed by atoms with van der Waals surface area (Å²) in [6.07, 6.45) is 3.99. The van der Waals surface area contributed by atoms with Crippen molar-refractivity contribution in [3.8, 4) is 5.75 Å². The summed E-state index contributed by atoms with van der Waals surface area (Å²) in [4.78, 5) is 68.3. The molecular weight excluding hydrogens is 654 g/mol. The summed E-state index contributed by atoms with van der Waals surface area (Å²) in [6, 6.07) is 11.8. The number of pyridine rings is 1. The Morgan fingerprint density at radius 3 is 2.55 bits per heavy atom. The van der Waals surface area contributed by atoms with E-state index in [0.29, 0.717) is 36.7 Å². The highest BCUT2D eigenvalue weighted by Gasteiger charge is 2.40. The maximum atomic E-state index is 13.7. The Labute approximate surface area is 296 Å². The molecule has 2 aliphatic rings. The number of fused-ring (bicyclic) bond motifs is 1. The molecule has 2 unspecified atom stereocenters. The van der Waals surface area contributed by atoms with Crippen LogP contribution in [0.2, 0.25) is 0 Å². The molecule has 0 saturated carbocycles. The van der Waals surface area contributed by atoms with Gasteiger partial charge in [-0.1, -0.05) is 26.8 Å². The lowest BCUT2D eigenvalue weighted by Crippen LogP contribution is -2.58. The molecule has 268 valence electrons. The van der Waals surface area contributed by atoms with Gasteiger partial charge >= 0.3 is 11.7 Å². The third-order valence-corrected chi connectivity index (χ3v) is 8.49. The molecule has 3 heterocycles. The van der Waals surface area contributed by atoms with Crippen molar-refractivity contribution in [2.24, 2.45) is 21.8 Å². The number of amides is 4. The van der Waals surface area contributed by atoms with Gasteiger partial charge in [-0.15, -0.1) is 0 Å². The number of aryl methyl sites for hydroxylation is 2. The van der Waals surface area contributed by atoms with Crippen molar-refractivity contribution in [3.05, 3.63) is 81.7 Å². The van der Waals surface area contributed by atoms with E-state index in [0.717, 1.165) is 16.9 Å². The zero-order chi connectivity index (χ0) is 36.8. The molecule has 1 aromatic heterocycles. The molecule has 5 rings (SSSR count). The molecule has 1 saturated heterocycles. The summed E-state index contributed by atoms with van der Waals surface area (Å²) in [7, 11) is 1.70. The Kier molecular flexibility index (Phi) is 11.3. The van der Waals surface area contributed by atoms with Crippen molar-refractivity contribution in [3.63, 3.8) is 0 Å². The van der Waals surface area contributed by atoms with E-state index in [-0.39, 0.29) is 41.5 Å². The number of nitro benzene ring substituents is 1. The van der Waals surface area contributed by atoms with Crippen LogP contribution in [0.15, 0.2) is 64.7 Å². The van der Waals surface area contributed by atoms with Crippen LogP contribution in [0.5, 0.6) is 5.75 Å². The first-order valence-electron chi connectivity index (χ1n) is 16.8. The predicted molar refractivity (Wildman–Crippen MR) is 196 cm³/mol. The highest BCUT2D eigenvalue weighted by Crippen LogP contribution is 2.32. The van der Waals surface area contributed by atoms with Gasteiger partial charge in [-0.05, 0) is 68.5 Å². The average Bonchev–Trinajstić information content (AvgIpc) is 3.10. The molecule has 2 aromatic carbocycles. The molecule has 0 spiro atoms.